The molecular formula is C28H25N3O. The molecule has 1 saturated heterocycles. The maximum atomic E-state index is 6.09. The number of anilines is 1. The van der Waals surface area contributed by atoms with E-state index in [1.807, 2.05) is 30.3 Å². The highest BCUT2D eigenvalue weighted by atomic mass is 16.3. The smallest absolute Gasteiger partial charge is 0.198 e. The second-order valence-corrected chi connectivity index (χ2v) is 8.66. The molecule has 1 aliphatic heterocycles. The van der Waals surface area contributed by atoms with Gasteiger partial charge in [-0.3, -0.25) is 0 Å². The molecule has 0 unspecified atom stereocenters. The van der Waals surface area contributed by atoms with Crippen molar-refractivity contribution in [1.29, 1.82) is 0 Å². The SMILES string of the molecule is c1ccc(CC2CCN(c3nc(-c4cc5ccccc5o4)nc4ccccc34)CC2)cc1. The Kier molecular flexibility index (Phi) is 4.83. The summed E-state index contributed by atoms with van der Waals surface area (Å²) in [5.74, 6) is 3.11. The quantitative estimate of drug-likeness (QED) is 0.333. The van der Waals surface area contributed by atoms with Crippen molar-refractivity contribution < 1.29 is 4.42 Å². The third kappa shape index (κ3) is 3.62. The molecule has 3 aromatic carbocycles. The van der Waals surface area contributed by atoms with Crippen LogP contribution < -0.4 is 4.90 Å². The van der Waals surface area contributed by atoms with Crippen molar-refractivity contribution >= 4 is 27.7 Å². The zero-order chi connectivity index (χ0) is 21.3. The van der Waals surface area contributed by atoms with Gasteiger partial charge in [-0.25, -0.2) is 9.97 Å². The number of furan rings is 1. The number of hydrogen-bond acceptors (Lipinski definition) is 4. The zero-order valence-electron chi connectivity index (χ0n) is 17.9. The number of nitrogens with zero attached hydrogens (tertiary/aromatic N) is 3. The van der Waals surface area contributed by atoms with Crippen LogP contribution in [-0.2, 0) is 6.42 Å². The lowest BCUT2D eigenvalue weighted by Gasteiger charge is -2.33. The summed E-state index contributed by atoms with van der Waals surface area (Å²) < 4.78 is 6.09. The standard InChI is InChI=1S/C28H25N3O/c1-2-8-20(9-3-1)18-21-14-16-31(17-15-21)28-23-11-5-6-12-24(23)29-27(30-28)26-19-22-10-4-7-13-25(22)32-26/h1-13,19,21H,14-18H2. The number of aromatic nitrogens is 2. The van der Waals surface area contributed by atoms with Crippen LogP contribution >= 0.6 is 0 Å². The second-order valence-electron chi connectivity index (χ2n) is 8.66. The second kappa shape index (κ2) is 8.12. The molecule has 2 aromatic heterocycles. The summed E-state index contributed by atoms with van der Waals surface area (Å²) in [6.07, 6.45) is 3.50. The molecule has 4 nitrogen and oxygen atoms in total. The summed E-state index contributed by atoms with van der Waals surface area (Å²) in [6, 6.07) is 29.2. The van der Waals surface area contributed by atoms with Gasteiger partial charge in [-0.1, -0.05) is 60.7 Å². The van der Waals surface area contributed by atoms with Crippen molar-refractivity contribution in [2.24, 2.45) is 5.92 Å². The van der Waals surface area contributed by atoms with E-state index < -0.39 is 0 Å². The normalized spacial score (nSPS) is 14.9. The highest BCUT2D eigenvalue weighted by Crippen LogP contribution is 2.33. The molecule has 1 fully saturated rings. The minimum Gasteiger partial charge on any atom is -0.453 e. The van der Waals surface area contributed by atoms with Crippen molar-refractivity contribution in [3.63, 3.8) is 0 Å². The molecule has 0 spiro atoms. The van der Waals surface area contributed by atoms with E-state index in [0.29, 0.717) is 5.82 Å². The van der Waals surface area contributed by atoms with Crippen molar-refractivity contribution in [2.75, 3.05) is 18.0 Å². The van der Waals surface area contributed by atoms with Crippen LogP contribution in [-0.4, -0.2) is 23.1 Å². The third-order valence-electron chi connectivity index (χ3n) is 6.51. The molecule has 0 N–H and O–H groups in total. The van der Waals surface area contributed by atoms with E-state index in [0.717, 1.165) is 58.9 Å². The molecule has 5 aromatic rings. The number of para-hydroxylation sites is 2. The summed E-state index contributed by atoms with van der Waals surface area (Å²) in [4.78, 5) is 12.3. The highest BCUT2D eigenvalue weighted by Gasteiger charge is 2.23. The largest absolute Gasteiger partial charge is 0.453 e. The summed E-state index contributed by atoms with van der Waals surface area (Å²) in [5, 5.41) is 2.18. The Labute approximate surface area is 187 Å². The Morgan fingerprint density at radius 1 is 0.812 bits per heavy atom. The van der Waals surface area contributed by atoms with E-state index in [2.05, 4.69) is 59.5 Å². The molecule has 0 atom stereocenters. The predicted octanol–water partition coefficient (Wildman–Crippen LogP) is 6.50. The van der Waals surface area contributed by atoms with Crippen LogP contribution in [0.15, 0.2) is 89.3 Å². The van der Waals surface area contributed by atoms with E-state index in [1.54, 1.807) is 0 Å². The van der Waals surface area contributed by atoms with E-state index >= 15 is 0 Å². The van der Waals surface area contributed by atoms with E-state index in [9.17, 15) is 0 Å². The van der Waals surface area contributed by atoms with E-state index in [1.165, 1.54) is 18.4 Å². The Hall–Kier alpha value is -3.66. The van der Waals surface area contributed by atoms with Crippen LogP contribution in [0.25, 0.3) is 33.5 Å². The third-order valence-corrected chi connectivity index (χ3v) is 6.51. The predicted molar refractivity (Wildman–Crippen MR) is 130 cm³/mol. The van der Waals surface area contributed by atoms with Gasteiger partial charge in [0.25, 0.3) is 0 Å². The van der Waals surface area contributed by atoms with Crippen LogP contribution in [0.5, 0.6) is 0 Å². The van der Waals surface area contributed by atoms with Crippen molar-refractivity contribution in [3.8, 4) is 11.6 Å². The first-order chi connectivity index (χ1) is 15.8. The fourth-order valence-corrected chi connectivity index (χ4v) is 4.80. The molecule has 6 rings (SSSR count). The first-order valence-electron chi connectivity index (χ1n) is 11.4. The lowest BCUT2D eigenvalue weighted by atomic mass is 9.90. The summed E-state index contributed by atoms with van der Waals surface area (Å²) in [7, 11) is 0. The highest BCUT2D eigenvalue weighted by molar-refractivity contribution is 5.91. The van der Waals surface area contributed by atoms with Gasteiger partial charge in [0.1, 0.15) is 11.4 Å². The fourth-order valence-electron chi connectivity index (χ4n) is 4.80. The van der Waals surface area contributed by atoms with Crippen molar-refractivity contribution in [2.45, 2.75) is 19.3 Å². The van der Waals surface area contributed by atoms with Crippen LogP contribution in [0.3, 0.4) is 0 Å². The minimum absolute atomic E-state index is 0.654. The van der Waals surface area contributed by atoms with Gasteiger partial charge in [-0.05, 0) is 55.0 Å². The van der Waals surface area contributed by atoms with Gasteiger partial charge >= 0.3 is 0 Å². The number of piperidine rings is 1. The first kappa shape index (κ1) is 19.1. The van der Waals surface area contributed by atoms with Crippen LogP contribution in [0, 0.1) is 5.92 Å². The fraction of sp³-hybridized carbons (Fsp3) is 0.214. The molecule has 0 saturated carbocycles. The maximum absolute atomic E-state index is 6.09. The molecule has 1 aliphatic rings. The Bertz CT molecular complexity index is 1330. The molecule has 32 heavy (non-hydrogen) atoms. The monoisotopic (exact) mass is 419 g/mol. The number of hydrogen-bond donors (Lipinski definition) is 0. The van der Waals surface area contributed by atoms with Gasteiger partial charge in [-0.2, -0.15) is 0 Å². The van der Waals surface area contributed by atoms with Crippen LogP contribution in [0.2, 0.25) is 0 Å². The Morgan fingerprint density at radius 2 is 1.56 bits per heavy atom. The molecule has 0 radical (unpaired) electrons. The number of benzene rings is 3. The van der Waals surface area contributed by atoms with Gasteiger partial charge in [0.2, 0.25) is 0 Å². The van der Waals surface area contributed by atoms with Gasteiger partial charge < -0.3 is 9.32 Å². The molecule has 0 aliphatic carbocycles. The summed E-state index contributed by atoms with van der Waals surface area (Å²) in [6.45, 7) is 2.02. The maximum Gasteiger partial charge on any atom is 0.198 e. The lowest BCUT2D eigenvalue weighted by molar-refractivity contribution is 0.402. The van der Waals surface area contributed by atoms with Gasteiger partial charge in [0, 0.05) is 23.9 Å². The van der Waals surface area contributed by atoms with Gasteiger partial charge in [0.05, 0.1) is 5.52 Å². The number of fused-ring (bicyclic) bond motifs is 2. The molecular weight excluding hydrogens is 394 g/mol. The first-order valence-corrected chi connectivity index (χ1v) is 11.4. The van der Waals surface area contributed by atoms with Gasteiger partial charge in [-0.15, -0.1) is 0 Å². The lowest BCUT2D eigenvalue weighted by Crippen LogP contribution is -2.35. The van der Waals surface area contributed by atoms with E-state index in [-0.39, 0.29) is 0 Å². The average Bonchev–Trinajstić information content (AvgIpc) is 3.29. The molecule has 4 heteroatoms. The molecule has 158 valence electrons. The molecule has 0 bridgehead atoms. The van der Waals surface area contributed by atoms with Gasteiger partial charge in [0.15, 0.2) is 11.6 Å². The van der Waals surface area contributed by atoms with Crippen molar-refractivity contribution in [3.05, 3.63) is 90.5 Å². The van der Waals surface area contributed by atoms with Crippen molar-refractivity contribution in [1.82, 2.24) is 9.97 Å². The summed E-state index contributed by atoms with van der Waals surface area (Å²) >= 11 is 0. The molecule has 3 heterocycles. The number of rotatable bonds is 4. The minimum atomic E-state index is 0.654. The Morgan fingerprint density at radius 3 is 2.41 bits per heavy atom. The van der Waals surface area contributed by atoms with E-state index in [4.69, 9.17) is 14.4 Å². The van der Waals surface area contributed by atoms with Crippen LogP contribution in [0.4, 0.5) is 5.82 Å². The Balaban J connectivity index is 1.31. The average molecular weight is 420 g/mol. The van der Waals surface area contributed by atoms with Crippen LogP contribution in [0.1, 0.15) is 18.4 Å². The topological polar surface area (TPSA) is 42.2 Å². The summed E-state index contributed by atoms with van der Waals surface area (Å²) in [5.41, 5.74) is 3.26. The zero-order valence-corrected chi connectivity index (χ0v) is 17.9. The molecule has 0 amide bonds.